The van der Waals surface area contributed by atoms with Crippen molar-refractivity contribution < 1.29 is 13.2 Å². The summed E-state index contributed by atoms with van der Waals surface area (Å²) in [6, 6.07) is 14.3. The number of hydrogen-bond donors (Lipinski definition) is 2. The van der Waals surface area contributed by atoms with Gasteiger partial charge in [-0.05, 0) is 30.3 Å². The van der Waals surface area contributed by atoms with Crippen LogP contribution in [0.25, 0.3) is 10.9 Å². The number of anilines is 1. The highest BCUT2D eigenvalue weighted by molar-refractivity contribution is 7.92. The summed E-state index contributed by atoms with van der Waals surface area (Å²) in [7, 11) is -3.47. The van der Waals surface area contributed by atoms with E-state index in [1.54, 1.807) is 36.5 Å². The van der Waals surface area contributed by atoms with Gasteiger partial charge in [0.2, 0.25) is 10.0 Å². The Hall–Kier alpha value is -2.54. The van der Waals surface area contributed by atoms with Gasteiger partial charge >= 0.3 is 0 Å². The lowest BCUT2D eigenvalue weighted by atomic mass is 10.2. The van der Waals surface area contributed by atoms with Crippen molar-refractivity contribution in [3.8, 4) is 5.75 Å². The third-order valence-electron chi connectivity index (χ3n) is 3.08. The van der Waals surface area contributed by atoms with Gasteiger partial charge in [-0.15, -0.1) is 0 Å². The molecule has 0 atom stereocenters. The molecule has 0 aliphatic rings. The topological polar surface area (TPSA) is 84.1 Å². The highest BCUT2D eigenvalue weighted by Crippen LogP contribution is 2.17. The lowest BCUT2D eigenvalue weighted by Gasteiger charge is -2.09. The number of nitrogens with zero attached hydrogens (tertiary/aromatic N) is 1. The molecule has 114 valence electrons. The maximum Gasteiger partial charge on any atom is 0.236 e. The zero-order chi connectivity index (χ0) is 15.4. The summed E-state index contributed by atoms with van der Waals surface area (Å²) in [5, 5.41) is 7.63. The van der Waals surface area contributed by atoms with Gasteiger partial charge in [-0.25, -0.2) is 8.42 Å². The number of aromatic nitrogens is 2. The third kappa shape index (κ3) is 3.56. The van der Waals surface area contributed by atoms with Crippen molar-refractivity contribution in [3.05, 3.63) is 54.7 Å². The molecular weight excluding hydrogens is 302 g/mol. The molecule has 0 spiro atoms. The van der Waals surface area contributed by atoms with E-state index in [1.807, 2.05) is 18.2 Å². The van der Waals surface area contributed by atoms with Crippen LogP contribution in [-0.4, -0.2) is 31.0 Å². The molecule has 3 rings (SSSR count). The molecule has 0 aliphatic heterocycles. The van der Waals surface area contributed by atoms with E-state index < -0.39 is 10.0 Å². The highest BCUT2D eigenvalue weighted by Gasteiger charge is 2.11. The Bertz CT molecular complexity index is 860. The molecule has 2 N–H and O–H groups in total. The molecule has 0 radical (unpaired) electrons. The van der Waals surface area contributed by atoms with Crippen molar-refractivity contribution in [1.82, 2.24) is 10.2 Å². The minimum absolute atomic E-state index is 0.0889. The fourth-order valence-corrected chi connectivity index (χ4v) is 2.91. The average Bonchev–Trinajstić information content (AvgIpc) is 2.95. The molecule has 0 amide bonds. The van der Waals surface area contributed by atoms with Gasteiger partial charge in [-0.2, -0.15) is 5.10 Å². The zero-order valence-corrected chi connectivity index (χ0v) is 12.5. The summed E-state index contributed by atoms with van der Waals surface area (Å²) in [5.74, 6) is 0.527. The number of rotatable bonds is 6. The average molecular weight is 317 g/mol. The Labute approximate surface area is 128 Å². The first-order valence-electron chi connectivity index (χ1n) is 6.74. The molecule has 0 saturated carbocycles. The first kappa shape index (κ1) is 14.4. The molecule has 2 aromatic carbocycles. The van der Waals surface area contributed by atoms with E-state index in [0.29, 0.717) is 11.4 Å². The van der Waals surface area contributed by atoms with E-state index in [1.165, 1.54) is 0 Å². The van der Waals surface area contributed by atoms with Gasteiger partial charge in [0.05, 0.1) is 17.4 Å². The van der Waals surface area contributed by atoms with Crippen LogP contribution in [0.5, 0.6) is 5.75 Å². The standard InChI is InChI=1S/C15H15N3O3S/c19-22(20,9-8-21-14-4-2-1-3-5-14)18-13-7-6-12-11-16-17-15(12)10-13/h1-7,10-11,18H,8-9H2,(H,16,17). The smallest absolute Gasteiger partial charge is 0.236 e. The van der Waals surface area contributed by atoms with Crippen LogP contribution in [0, 0.1) is 0 Å². The fraction of sp³-hybridized carbons (Fsp3) is 0.133. The normalized spacial score (nSPS) is 11.5. The fourth-order valence-electron chi connectivity index (χ4n) is 2.02. The summed E-state index contributed by atoms with van der Waals surface area (Å²) in [6.07, 6.45) is 1.68. The van der Waals surface area contributed by atoms with Crippen molar-refractivity contribution >= 4 is 26.6 Å². The van der Waals surface area contributed by atoms with E-state index in [9.17, 15) is 8.42 Å². The van der Waals surface area contributed by atoms with Gasteiger partial charge in [-0.1, -0.05) is 18.2 Å². The van der Waals surface area contributed by atoms with E-state index in [-0.39, 0.29) is 12.4 Å². The molecule has 0 bridgehead atoms. The molecule has 0 aliphatic carbocycles. The van der Waals surface area contributed by atoms with Crippen LogP contribution in [0.2, 0.25) is 0 Å². The number of aromatic amines is 1. The Kier molecular flexibility index (Phi) is 3.97. The summed E-state index contributed by atoms with van der Waals surface area (Å²) >= 11 is 0. The van der Waals surface area contributed by atoms with Gasteiger partial charge in [0.15, 0.2) is 0 Å². The number of sulfonamides is 1. The minimum atomic E-state index is -3.47. The largest absolute Gasteiger partial charge is 0.492 e. The number of nitrogens with one attached hydrogen (secondary N) is 2. The van der Waals surface area contributed by atoms with Crippen LogP contribution in [-0.2, 0) is 10.0 Å². The second-order valence-electron chi connectivity index (χ2n) is 4.75. The molecular formula is C15H15N3O3S. The Balaban J connectivity index is 1.60. The third-order valence-corrected chi connectivity index (χ3v) is 4.33. The number of hydrogen-bond acceptors (Lipinski definition) is 4. The second-order valence-corrected chi connectivity index (χ2v) is 6.60. The molecule has 7 heteroatoms. The number of para-hydroxylation sites is 1. The zero-order valence-electron chi connectivity index (χ0n) is 11.7. The quantitative estimate of drug-likeness (QED) is 0.731. The second kappa shape index (κ2) is 6.07. The minimum Gasteiger partial charge on any atom is -0.492 e. The SMILES string of the molecule is O=S(=O)(CCOc1ccccc1)Nc1ccc2cn[nH]c2c1. The van der Waals surface area contributed by atoms with Gasteiger partial charge in [0, 0.05) is 5.39 Å². The molecule has 0 saturated heterocycles. The van der Waals surface area contributed by atoms with Crippen LogP contribution in [0.1, 0.15) is 0 Å². The molecule has 1 aromatic heterocycles. The molecule has 3 aromatic rings. The molecule has 0 unspecified atom stereocenters. The van der Waals surface area contributed by atoms with Crippen molar-refractivity contribution in [2.45, 2.75) is 0 Å². The molecule has 0 fully saturated rings. The van der Waals surface area contributed by atoms with E-state index in [2.05, 4.69) is 14.9 Å². The summed E-state index contributed by atoms with van der Waals surface area (Å²) in [4.78, 5) is 0. The van der Waals surface area contributed by atoms with Gasteiger partial charge < -0.3 is 4.74 Å². The summed E-state index contributed by atoms with van der Waals surface area (Å²) < 4.78 is 32.0. The van der Waals surface area contributed by atoms with Gasteiger partial charge in [-0.3, -0.25) is 9.82 Å². The molecule has 6 nitrogen and oxygen atoms in total. The monoisotopic (exact) mass is 317 g/mol. The van der Waals surface area contributed by atoms with Crippen LogP contribution >= 0.6 is 0 Å². The van der Waals surface area contributed by atoms with Crippen LogP contribution < -0.4 is 9.46 Å². The number of H-pyrrole nitrogens is 1. The number of benzene rings is 2. The van der Waals surface area contributed by atoms with Crippen LogP contribution in [0.4, 0.5) is 5.69 Å². The Morgan fingerprint density at radius 3 is 2.77 bits per heavy atom. The summed E-state index contributed by atoms with van der Waals surface area (Å²) in [6.45, 7) is 0.0889. The first-order valence-corrected chi connectivity index (χ1v) is 8.39. The first-order chi connectivity index (χ1) is 10.6. The van der Waals surface area contributed by atoms with Crippen LogP contribution in [0.3, 0.4) is 0 Å². The van der Waals surface area contributed by atoms with Gasteiger partial charge in [0.1, 0.15) is 18.1 Å². The molecule has 1 heterocycles. The van der Waals surface area contributed by atoms with Crippen molar-refractivity contribution in [2.24, 2.45) is 0 Å². The summed E-state index contributed by atoms with van der Waals surface area (Å²) in [5.41, 5.74) is 1.28. The number of ether oxygens (including phenoxy) is 1. The van der Waals surface area contributed by atoms with Gasteiger partial charge in [0.25, 0.3) is 0 Å². The maximum atomic E-state index is 12.0. The number of fused-ring (bicyclic) bond motifs is 1. The molecule has 22 heavy (non-hydrogen) atoms. The predicted molar refractivity (Wildman–Crippen MR) is 85.4 cm³/mol. The van der Waals surface area contributed by atoms with E-state index in [4.69, 9.17) is 4.74 Å². The Morgan fingerprint density at radius 2 is 1.95 bits per heavy atom. The van der Waals surface area contributed by atoms with Crippen molar-refractivity contribution in [2.75, 3.05) is 17.1 Å². The lowest BCUT2D eigenvalue weighted by molar-refractivity contribution is 0.341. The van der Waals surface area contributed by atoms with E-state index in [0.717, 1.165) is 10.9 Å². The maximum absolute atomic E-state index is 12.0. The Morgan fingerprint density at radius 1 is 1.14 bits per heavy atom. The van der Waals surface area contributed by atoms with Crippen molar-refractivity contribution in [1.29, 1.82) is 0 Å². The van der Waals surface area contributed by atoms with Crippen molar-refractivity contribution in [3.63, 3.8) is 0 Å². The van der Waals surface area contributed by atoms with E-state index >= 15 is 0 Å². The highest BCUT2D eigenvalue weighted by atomic mass is 32.2. The van der Waals surface area contributed by atoms with Crippen LogP contribution in [0.15, 0.2) is 54.7 Å². The predicted octanol–water partition coefficient (Wildman–Crippen LogP) is 2.38. The lowest BCUT2D eigenvalue weighted by Crippen LogP contribution is -2.21.